The summed E-state index contributed by atoms with van der Waals surface area (Å²) in [6, 6.07) is 0. The quantitative estimate of drug-likeness (QED) is 0.268. The standard InChI is InChI=1S/C14H28INO3/c15-9-5-1-2-6-10-18-12-13-19-11-7-3-4-8-14(16)17/h1-13H2,(H2,16,17). The van der Waals surface area contributed by atoms with Crippen LogP contribution >= 0.6 is 22.6 Å². The van der Waals surface area contributed by atoms with Crippen molar-refractivity contribution in [1.82, 2.24) is 0 Å². The lowest BCUT2D eigenvalue weighted by atomic mass is 10.2. The summed E-state index contributed by atoms with van der Waals surface area (Å²) in [5, 5.41) is 0. The minimum atomic E-state index is -0.215. The summed E-state index contributed by atoms with van der Waals surface area (Å²) in [5.41, 5.74) is 5.05. The van der Waals surface area contributed by atoms with Crippen LogP contribution in [0.1, 0.15) is 51.4 Å². The van der Waals surface area contributed by atoms with Crippen LogP contribution in [0.4, 0.5) is 0 Å². The molecular weight excluding hydrogens is 357 g/mol. The number of hydrogen-bond donors (Lipinski definition) is 1. The molecule has 0 aromatic heterocycles. The first kappa shape index (κ1) is 19.1. The Kier molecular flexibility index (Phi) is 16.3. The summed E-state index contributed by atoms with van der Waals surface area (Å²) < 4.78 is 12.2. The first-order valence-corrected chi connectivity index (χ1v) is 8.79. The summed E-state index contributed by atoms with van der Waals surface area (Å²) in [4.78, 5) is 10.5. The number of primary amides is 1. The van der Waals surface area contributed by atoms with Crippen molar-refractivity contribution in [1.29, 1.82) is 0 Å². The molecule has 0 rings (SSSR count). The molecule has 1 amide bonds. The number of rotatable bonds is 15. The highest BCUT2D eigenvalue weighted by atomic mass is 127. The number of amides is 1. The van der Waals surface area contributed by atoms with Crippen LogP contribution in [0.3, 0.4) is 0 Å². The second-order valence-electron chi connectivity index (χ2n) is 4.60. The molecule has 4 nitrogen and oxygen atoms in total. The minimum Gasteiger partial charge on any atom is -0.379 e. The SMILES string of the molecule is NC(=O)CCCCCOCCOCCCCCCI. The minimum absolute atomic E-state index is 0.215. The fraction of sp³-hybridized carbons (Fsp3) is 0.929. The van der Waals surface area contributed by atoms with Crippen LogP contribution in [0.5, 0.6) is 0 Å². The molecule has 0 saturated heterocycles. The molecule has 0 aromatic rings. The van der Waals surface area contributed by atoms with Crippen LogP contribution in [-0.4, -0.2) is 36.8 Å². The Morgan fingerprint density at radius 3 is 1.84 bits per heavy atom. The molecule has 0 radical (unpaired) electrons. The second-order valence-corrected chi connectivity index (χ2v) is 5.68. The molecular formula is C14H28INO3. The van der Waals surface area contributed by atoms with Crippen LogP contribution in [0.25, 0.3) is 0 Å². The van der Waals surface area contributed by atoms with Crippen molar-refractivity contribution in [3.05, 3.63) is 0 Å². The van der Waals surface area contributed by atoms with E-state index < -0.39 is 0 Å². The first-order chi connectivity index (χ1) is 9.27. The maximum Gasteiger partial charge on any atom is 0.217 e. The lowest BCUT2D eigenvalue weighted by Crippen LogP contribution is -2.10. The predicted molar refractivity (Wildman–Crippen MR) is 86.7 cm³/mol. The predicted octanol–water partition coefficient (Wildman–Crippen LogP) is 3.06. The number of halogens is 1. The molecule has 0 aliphatic heterocycles. The Balaban J connectivity index is 2.93. The highest BCUT2D eigenvalue weighted by molar-refractivity contribution is 14.1. The number of alkyl halides is 1. The van der Waals surface area contributed by atoms with Gasteiger partial charge in [0.1, 0.15) is 0 Å². The average Bonchev–Trinajstić information content (AvgIpc) is 2.39. The number of nitrogens with two attached hydrogens (primary N) is 1. The fourth-order valence-electron chi connectivity index (χ4n) is 1.65. The van der Waals surface area contributed by atoms with Gasteiger partial charge in [0.15, 0.2) is 0 Å². The molecule has 0 aromatic carbocycles. The van der Waals surface area contributed by atoms with Crippen molar-refractivity contribution < 1.29 is 14.3 Å². The van der Waals surface area contributed by atoms with Gasteiger partial charge < -0.3 is 15.2 Å². The monoisotopic (exact) mass is 385 g/mol. The molecule has 0 heterocycles. The number of ether oxygens (including phenoxy) is 2. The van der Waals surface area contributed by atoms with E-state index in [9.17, 15) is 4.79 Å². The third kappa shape index (κ3) is 18.1. The van der Waals surface area contributed by atoms with Crippen LogP contribution < -0.4 is 5.73 Å². The molecule has 114 valence electrons. The topological polar surface area (TPSA) is 61.6 Å². The van der Waals surface area contributed by atoms with E-state index in [1.807, 2.05) is 0 Å². The summed E-state index contributed by atoms with van der Waals surface area (Å²) in [6.07, 6.45) is 8.40. The number of hydrogen-bond acceptors (Lipinski definition) is 3. The van der Waals surface area contributed by atoms with Crippen LogP contribution in [0.15, 0.2) is 0 Å². The summed E-state index contributed by atoms with van der Waals surface area (Å²) >= 11 is 2.42. The highest BCUT2D eigenvalue weighted by Crippen LogP contribution is 2.02. The van der Waals surface area contributed by atoms with Gasteiger partial charge in [0.05, 0.1) is 13.2 Å². The molecule has 2 N–H and O–H groups in total. The van der Waals surface area contributed by atoms with Gasteiger partial charge in [0.25, 0.3) is 0 Å². The zero-order valence-electron chi connectivity index (χ0n) is 11.9. The van der Waals surface area contributed by atoms with Gasteiger partial charge in [-0.3, -0.25) is 4.79 Å². The molecule has 0 atom stereocenters. The summed E-state index contributed by atoms with van der Waals surface area (Å²) in [7, 11) is 0. The van der Waals surface area contributed by atoms with E-state index in [0.29, 0.717) is 19.6 Å². The van der Waals surface area contributed by atoms with Gasteiger partial charge >= 0.3 is 0 Å². The zero-order valence-corrected chi connectivity index (χ0v) is 14.0. The Labute approximate surface area is 130 Å². The Morgan fingerprint density at radius 1 is 0.789 bits per heavy atom. The first-order valence-electron chi connectivity index (χ1n) is 7.27. The van der Waals surface area contributed by atoms with Gasteiger partial charge in [-0.2, -0.15) is 0 Å². The van der Waals surface area contributed by atoms with E-state index in [0.717, 1.165) is 38.9 Å². The van der Waals surface area contributed by atoms with Crippen molar-refractivity contribution in [2.75, 3.05) is 30.9 Å². The number of carbonyl (C=O) groups is 1. The van der Waals surface area contributed by atoms with E-state index in [2.05, 4.69) is 22.6 Å². The molecule has 0 bridgehead atoms. The Bertz CT molecular complexity index is 203. The molecule has 0 saturated carbocycles. The Hall–Kier alpha value is 0.120. The molecule has 0 spiro atoms. The maximum atomic E-state index is 10.5. The van der Waals surface area contributed by atoms with Gasteiger partial charge in [-0.1, -0.05) is 41.9 Å². The van der Waals surface area contributed by atoms with E-state index >= 15 is 0 Å². The lowest BCUT2D eigenvalue weighted by Gasteiger charge is -2.05. The van der Waals surface area contributed by atoms with Crippen molar-refractivity contribution in [3.63, 3.8) is 0 Å². The van der Waals surface area contributed by atoms with Crippen molar-refractivity contribution in [2.24, 2.45) is 5.73 Å². The molecule has 0 aliphatic carbocycles. The van der Waals surface area contributed by atoms with Gasteiger partial charge in [0, 0.05) is 19.6 Å². The van der Waals surface area contributed by atoms with E-state index in [1.165, 1.54) is 23.7 Å². The smallest absolute Gasteiger partial charge is 0.217 e. The highest BCUT2D eigenvalue weighted by Gasteiger charge is 1.95. The van der Waals surface area contributed by atoms with Crippen LogP contribution in [0, 0.1) is 0 Å². The fourth-order valence-corrected chi connectivity index (χ4v) is 2.19. The largest absolute Gasteiger partial charge is 0.379 e. The molecule has 0 aliphatic rings. The molecule has 19 heavy (non-hydrogen) atoms. The van der Waals surface area contributed by atoms with E-state index in [4.69, 9.17) is 15.2 Å². The van der Waals surface area contributed by atoms with Crippen LogP contribution in [0.2, 0.25) is 0 Å². The third-order valence-electron chi connectivity index (χ3n) is 2.76. The van der Waals surface area contributed by atoms with E-state index in [1.54, 1.807) is 0 Å². The lowest BCUT2D eigenvalue weighted by molar-refractivity contribution is -0.118. The average molecular weight is 385 g/mol. The van der Waals surface area contributed by atoms with Crippen molar-refractivity contribution in [3.8, 4) is 0 Å². The van der Waals surface area contributed by atoms with Crippen molar-refractivity contribution in [2.45, 2.75) is 51.4 Å². The van der Waals surface area contributed by atoms with Crippen molar-refractivity contribution >= 4 is 28.5 Å². The number of unbranched alkanes of at least 4 members (excludes halogenated alkanes) is 5. The van der Waals surface area contributed by atoms with Gasteiger partial charge in [-0.05, 0) is 30.1 Å². The van der Waals surface area contributed by atoms with Gasteiger partial charge in [-0.25, -0.2) is 0 Å². The van der Waals surface area contributed by atoms with Gasteiger partial charge in [-0.15, -0.1) is 0 Å². The zero-order chi connectivity index (χ0) is 14.2. The maximum absolute atomic E-state index is 10.5. The summed E-state index contributed by atoms with van der Waals surface area (Å²) in [6.45, 7) is 2.96. The third-order valence-corrected chi connectivity index (χ3v) is 3.52. The second kappa shape index (κ2) is 16.2. The molecule has 5 heteroatoms. The molecule has 0 fully saturated rings. The van der Waals surface area contributed by atoms with E-state index in [-0.39, 0.29) is 5.91 Å². The normalized spacial score (nSPS) is 10.8. The number of carbonyl (C=O) groups excluding carboxylic acids is 1. The summed E-state index contributed by atoms with van der Waals surface area (Å²) in [5.74, 6) is -0.215. The van der Waals surface area contributed by atoms with Gasteiger partial charge in [0.2, 0.25) is 5.91 Å². The van der Waals surface area contributed by atoms with Crippen LogP contribution in [-0.2, 0) is 14.3 Å². The molecule has 0 unspecified atom stereocenters. The Morgan fingerprint density at radius 2 is 1.32 bits per heavy atom.